The summed E-state index contributed by atoms with van der Waals surface area (Å²) < 4.78 is 0. The molecule has 144 valence electrons. The molecule has 0 saturated carbocycles. The van der Waals surface area contributed by atoms with Gasteiger partial charge in [-0.15, -0.1) is 0 Å². The first-order valence-electron chi connectivity index (χ1n) is 10.5. The van der Waals surface area contributed by atoms with Crippen LogP contribution in [0.4, 0.5) is 0 Å². The molecule has 2 N–H and O–H groups in total. The predicted molar refractivity (Wildman–Crippen MR) is 102 cm³/mol. The van der Waals surface area contributed by atoms with Crippen molar-refractivity contribution in [1.29, 1.82) is 0 Å². The average Bonchev–Trinajstić information content (AvgIpc) is 2.57. The number of aliphatic hydroxyl groups excluding tert-OH is 1. The Morgan fingerprint density at radius 3 is 1.38 bits per heavy atom. The van der Waals surface area contributed by atoms with Crippen LogP contribution < -0.4 is 0 Å². The number of hydrogen-bond donors (Lipinski definition) is 2. The van der Waals surface area contributed by atoms with E-state index in [1.54, 1.807) is 0 Å². The lowest BCUT2D eigenvalue weighted by Crippen LogP contribution is -2.18. The van der Waals surface area contributed by atoms with Crippen molar-refractivity contribution < 1.29 is 15.0 Å². The highest BCUT2D eigenvalue weighted by atomic mass is 16.4. The Morgan fingerprint density at radius 1 is 0.708 bits per heavy atom. The second-order valence-corrected chi connectivity index (χ2v) is 7.54. The summed E-state index contributed by atoms with van der Waals surface area (Å²) in [5.74, 6) is -0.183. The van der Waals surface area contributed by atoms with Gasteiger partial charge in [-0.3, -0.25) is 0 Å². The summed E-state index contributed by atoms with van der Waals surface area (Å²) in [6.45, 7) is 4.65. The van der Waals surface area contributed by atoms with Crippen molar-refractivity contribution in [3.63, 3.8) is 0 Å². The molecule has 0 bridgehead atoms. The van der Waals surface area contributed by atoms with E-state index >= 15 is 0 Å². The Bertz CT molecular complexity index is 278. The van der Waals surface area contributed by atoms with E-state index in [-0.39, 0.29) is 0 Å². The van der Waals surface area contributed by atoms with Gasteiger partial charge in [0.1, 0.15) is 0 Å². The van der Waals surface area contributed by atoms with Crippen LogP contribution in [-0.2, 0) is 4.79 Å². The van der Waals surface area contributed by atoms with E-state index in [0.29, 0.717) is 6.42 Å². The number of aliphatic carboxylic acids is 1. The minimum Gasteiger partial charge on any atom is -0.479 e. The van der Waals surface area contributed by atoms with E-state index in [4.69, 9.17) is 10.2 Å². The van der Waals surface area contributed by atoms with Crippen molar-refractivity contribution in [3.8, 4) is 0 Å². The predicted octanol–water partition coefficient (Wildman–Crippen LogP) is 6.33. The van der Waals surface area contributed by atoms with Crippen LogP contribution in [0.1, 0.15) is 117 Å². The quantitative estimate of drug-likeness (QED) is 0.286. The standard InChI is InChI=1S/C21H42O3/c1-3-19(2)17-15-13-11-9-7-5-4-6-8-10-12-14-16-18-20(22)21(23)24/h19-20,22H,3-18H2,1-2H3,(H,23,24). The SMILES string of the molecule is CCC(C)CCCCCCCCCCCCCCCC(O)C(=O)O. The lowest BCUT2D eigenvalue weighted by Gasteiger charge is -2.07. The lowest BCUT2D eigenvalue weighted by molar-refractivity contribution is -0.146. The van der Waals surface area contributed by atoms with Crippen LogP contribution in [0.25, 0.3) is 0 Å². The molecular weight excluding hydrogens is 300 g/mol. The number of unbranched alkanes of at least 4 members (excludes halogenated alkanes) is 12. The molecule has 0 aliphatic heterocycles. The van der Waals surface area contributed by atoms with Crippen LogP contribution in [0, 0.1) is 5.92 Å². The zero-order valence-corrected chi connectivity index (χ0v) is 16.3. The third-order valence-electron chi connectivity index (χ3n) is 5.16. The molecule has 24 heavy (non-hydrogen) atoms. The Morgan fingerprint density at radius 2 is 1.04 bits per heavy atom. The lowest BCUT2D eigenvalue weighted by atomic mass is 9.99. The first-order chi connectivity index (χ1) is 11.6. The summed E-state index contributed by atoms with van der Waals surface area (Å²) >= 11 is 0. The Kier molecular flexibility index (Phi) is 16.8. The van der Waals surface area contributed by atoms with Crippen molar-refractivity contribution in [1.82, 2.24) is 0 Å². The van der Waals surface area contributed by atoms with E-state index in [1.165, 1.54) is 83.5 Å². The third-order valence-corrected chi connectivity index (χ3v) is 5.16. The molecule has 0 aromatic heterocycles. The molecule has 3 heteroatoms. The second-order valence-electron chi connectivity index (χ2n) is 7.54. The van der Waals surface area contributed by atoms with E-state index in [1.807, 2.05) is 0 Å². The molecule has 0 radical (unpaired) electrons. The molecule has 0 aromatic rings. The Labute approximate surface area is 150 Å². The smallest absolute Gasteiger partial charge is 0.332 e. The Hall–Kier alpha value is -0.570. The highest BCUT2D eigenvalue weighted by Gasteiger charge is 2.11. The van der Waals surface area contributed by atoms with Gasteiger partial charge < -0.3 is 10.2 Å². The molecule has 2 atom stereocenters. The van der Waals surface area contributed by atoms with Crippen molar-refractivity contribution in [2.75, 3.05) is 0 Å². The van der Waals surface area contributed by atoms with Crippen molar-refractivity contribution >= 4 is 5.97 Å². The fourth-order valence-electron chi connectivity index (χ4n) is 3.10. The van der Waals surface area contributed by atoms with E-state index in [0.717, 1.165) is 18.8 Å². The van der Waals surface area contributed by atoms with Gasteiger partial charge in [0, 0.05) is 0 Å². The number of carbonyl (C=O) groups is 1. The van der Waals surface area contributed by atoms with Crippen LogP contribution in [0.3, 0.4) is 0 Å². The van der Waals surface area contributed by atoms with Gasteiger partial charge in [-0.25, -0.2) is 4.79 Å². The summed E-state index contributed by atoms with van der Waals surface area (Å²) in [5.41, 5.74) is 0. The summed E-state index contributed by atoms with van der Waals surface area (Å²) in [5, 5.41) is 17.7. The first-order valence-corrected chi connectivity index (χ1v) is 10.5. The molecule has 0 aliphatic rings. The van der Waals surface area contributed by atoms with Gasteiger partial charge in [0.05, 0.1) is 0 Å². The van der Waals surface area contributed by atoms with E-state index in [9.17, 15) is 4.79 Å². The molecule has 0 amide bonds. The molecule has 0 aromatic carbocycles. The van der Waals surface area contributed by atoms with Crippen LogP contribution >= 0.6 is 0 Å². The molecule has 0 heterocycles. The molecule has 0 spiro atoms. The molecule has 0 fully saturated rings. The molecular formula is C21H42O3. The molecule has 2 unspecified atom stereocenters. The number of carboxylic acids is 1. The van der Waals surface area contributed by atoms with Crippen LogP contribution in [0.15, 0.2) is 0 Å². The maximum absolute atomic E-state index is 10.5. The highest BCUT2D eigenvalue weighted by molar-refractivity contribution is 5.71. The van der Waals surface area contributed by atoms with Gasteiger partial charge in [-0.2, -0.15) is 0 Å². The second kappa shape index (κ2) is 17.3. The van der Waals surface area contributed by atoms with Crippen LogP contribution in [0.2, 0.25) is 0 Å². The number of rotatable bonds is 18. The number of aliphatic hydroxyl groups is 1. The van der Waals surface area contributed by atoms with Gasteiger partial charge in [0.15, 0.2) is 6.10 Å². The average molecular weight is 343 g/mol. The number of carboxylic acid groups (broad SMARTS) is 1. The molecule has 0 rings (SSSR count). The highest BCUT2D eigenvalue weighted by Crippen LogP contribution is 2.16. The van der Waals surface area contributed by atoms with Crippen molar-refractivity contribution in [2.45, 2.75) is 123 Å². The molecule has 3 nitrogen and oxygen atoms in total. The van der Waals surface area contributed by atoms with Crippen molar-refractivity contribution in [2.24, 2.45) is 5.92 Å². The van der Waals surface area contributed by atoms with Crippen molar-refractivity contribution in [3.05, 3.63) is 0 Å². The number of hydrogen-bond acceptors (Lipinski definition) is 2. The minimum atomic E-state index is -1.17. The third kappa shape index (κ3) is 16.3. The summed E-state index contributed by atoms with van der Waals surface area (Å²) in [4.78, 5) is 10.5. The first kappa shape index (κ1) is 23.4. The maximum Gasteiger partial charge on any atom is 0.332 e. The van der Waals surface area contributed by atoms with Crippen LogP contribution in [-0.4, -0.2) is 22.3 Å². The summed E-state index contributed by atoms with van der Waals surface area (Å²) in [6.07, 6.45) is 18.7. The van der Waals surface area contributed by atoms with E-state index in [2.05, 4.69) is 13.8 Å². The topological polar surface area (TPSA) is 57.5 Å². The van der Waals surface area contributed by atoms with Gasteiger partial charge in [0.2, 0.25) is 0 Å². The maximum atomic E-state index is 10.5. The summed E-state index contributed by atoms with van der Waals surface area (Å²) in [6, 6.07) is 0. The van der Waals surface area contributed by atoms with E-state index < -0.39 is 12.1 Å². The minimum absolute atomic E-state index is 0.396. The Balaban J connectivity index is 3.09. The zero-order chi connectivity index (χ0) is 18.0. The normalized spacial score (nSPS) is 13.8. The monoisotopic (exact) mass is 342 g/mol. The van der Waals surface area contributed by atoms with Gasteiger partial charge in [-0.1, -0.05) is 110 Å². The largest absolute Gasteiger partial charge is 0.479 e. The summed E-state index contributed by atoms with van der Waals surface area (Å²) in [7, 11) is 0. The van der Waals surface area contributed by atoms with Gasteiger partial charge in [-0.05, 0) is 12.3 Å². The fraction of sp³-hybridized carbons (Fsp3) is 0.952. The molecule has 0 aliphatic carbocycles. The molecule has 0 saturated heterocycles. The fourth-order valence-corrected chi connectivity index (χ4v) is 3.10. The zero-order valence-electron chi connectivity index (χ0n) is 16.3. The van der Waals surface area contributed by atoms with Gasteiger partial charge in [0.25, 0.3) is 0 Å². The van der Waals surface area contributed by atoms with Crippen LogP contribution in [0.5, 0.6) is 0 Å². The van der Waals surface area contributed by atoms with Gasteiger partial charge >= 0.3 is 5.97 Å².